The van der Waals surface area contributed by atoms with Crippen LogP contribution in [0.4, 0.5) is 0 Å². The van der Waals surface area contributed by atoms with Crippen molar-refractivity contribution in [3.63, 3.8) is 0 Å². The number of hydrogen-bond acceptors (Lipinski definition) is 1. The van der Waals surface area contributed by atoms with Crippen molar-refractivity contribution in [1.29, 1.82) is 0 Å². The number of phenolic OH excluding ortho intramolecular Hbond substituents is 1. The lowest BCUT2D eigenvalue weighted by Crippen LogP contribution is -2.24. The monoisotopic (exact) mass is 252 g/mol. The lowest BCUT2D eigenvalue weighted by molar-refractivity contribution is 0.427. The Labute approximate surface area is 114 Å². The van der Waals surface area contributed by atoms with Gasteiger partial charge in [-0.1, -0.05) is 43.3 Å². The molecule has 0 radical (unpaired) electrons. The van der Waals surface area contributed by atoms with Crippen LogP contribution in [0.15, 0.2) is 48.5 Å². The van der Waals surface area contributed by atoms with Crippen molar-refractivity contribution in [3.05, 3.63) is 65.2 Å². The van der Waals surface area contributed by atoms with E-state index in [0.717, 1.165) is 6.42 Å². The van der Waals surface area contributed by atoms with Crippen molar-refractivity contribution in [3.8, 4) is 5.75 Å². The first kappa shape index (κ1) is 12.3. The van der Waals surface area contributed by atoms with Crippen molar-refractivity contribution in [2.45, 2.75) is 38.0 Å². The highest BCUT2D eigenvalue weighted by molar-refractivity contribution is 5.37. The summed E-state index contributed by atoms with van der Waals surface area (Å²) < 4.78 is 0. The molecule has 2 aromatic rings. The molecule has 0 heterocycles. The summed E-state index contributed by atoms with van der Waals surface area (Å²) in [7, 11) is 0. The van der Waals surface area contributed by atoms with Crippen molar-refractivity contribution in [1.82, 2.24) is 0 Å². The number of fused-ring (bicyclic) bond motifs is 1. The summed E-state index contributed by atoms with van der Waals surface area (Å²) in [5, 5.41) is 9.45. The van der Waals surface area contributed by atoms with Gasteiger partial charge in [0.1, 0.15) is 5.75 Å². The molecule has 1 heteroatoms. The minimum Gasteiger partial charge on any atom is -0.508 e. The zero-order valence-corrected chi connectivity index (χ0v) is 11.4. The number of rotatable bonds is 1. The fourth-order valence-corrected chi connectivity index (χ4v) is 3.26. The molecule has 0 bridgehead atoms. The normalized spacial score (nSPS) is 22.6. The van der Waals surface area contributed by atoms with Gasteiger partial charge in [-0.05, 0) is 59.9 Å². The Morgan fingerprint density at radius 1 is 0.947 bits per heavy atom. The molecule has 1 nitrogen and oxygen atoms in total. The van der Waals surface area contributed by atoms with Gasteiger partial charge in [0.2, 0.25) is 0 Å². The van der Waals surface area contributed by atoms with E-state index in [0.29, 0.717) is 5.75 Å². The first-order chi connectivity index (χ1) is 9.17. The second-order valence-electron chi connectivity index (χ2n) is 5.91. The summed E-state index contributed by atoms with van der Waals surface area (Å²) in [6, 6.07) is 16.6. The summed E-state index contributed by atoms with van der Waals surface area (Å²) in [4.78, 5) is 0. The fraction of sp³-hybridized carbons (Fsp3) is 0.333. The van der Waals surface area contributed by atoms with E-state index in [4.69, 9.17) is 0 Å². The fourth-order valence-electron chi connectivity index (χ4n) is 3.26. The van der Waals surface area contributed by atoms with Gasteiger partial charge in [0.25, 0.3) is 0 Å². The van der Waals surface area contributed by atoms with Gasteiger partial charge in [-0.3, -0.25) is 0 Å². The van der Waals surface area contributed by atoms with E-state index in [1.807, 2.05) is 0 Å². The molecule has 1 atom stereocenters. The van der Waals surface area contributed by atoms with E-state index in [1.54, 1.807) is 12.1 Å². The van der Waals surface area contributed by atoms with Crippen LogP contribution in [0.3, 0.4) is 0 Å². The summed E-state index contributed by atoms with van der Waals surface area (Å²) in [5.74, 6) is 0.348. The predicted octanol–water partition coefficient (Wildman–Crippen LogP) is 4.23. The molecule has 0 amide bonds. The Hall–Kier alpha value is -1.76. The maximum Gasteiger partial charge on any atom is 0.115 e. The Kier molecular flexibility index (Phi) is 3.06. The molecule has 1 aliphatic carbocycles. The van der Waals surface area contributed by atoms with E-state index in [-0.39, 0.29) is 5.41 Å². The molecule has 3 rings (SSSR count). The molecular weight excluding hydrogens is 232 g/mol. The number of aryl methyl sites for hydroxylation is 1. The maximum atomic E-state index is 9.45. The quantitative estimate of drug-likeness (QED) is 0.753. The Balaban J connectivity index is 1.98. The molecule has 19 heavy (non-hydrogen) atoms. The van der Waals surface area contributed by atoms with Gasteiger partial charge in [-0.15, -0.1) is 0 Å². The van der Waals surface area contributed by atoms with Gasteiger partial charge >= 0.3 is 0 Å². The van der Waals surface area contributed by atoms with Crippen LogP contribution in [0.1, 0.15) is 36.5 Å². The SMILES string of the molecule is CC1(c2ccc(O)cc2)CCCc2ccccc2C1. The molecule has 0 aromatic heterocycles. The zero-order chi connectivity index (χ0) is 13.3. The van der Waals surface area contributed by atoms with Crippen LogP contribution in [0.5, 0.6) is 5.75 Å². The number of phenols is 1. The largest absolute Gasteiger partial charge is 0.508 e. The summed E-state index contributed by atoms with van der Waals surface area (Å²) in [6.45, 7) is 2.35. The molecule has 1 unspecified atom stereocenters. The van der Waals surface area contributed by atoms with Crippen molar-refractivity contribution in [2.24, 2.45) is 0 Å². The van der Waals surface area contributed by atoms with E-state index in [1.165, 1.54) is 36.0 Å². The third-order valence-corrected chi connectivity index (χ3v) is 4.44. The van der Waals surface area contributed by atoms with E-state index in [2.05, 4.69) is 43.3 Å². The summed E-state index contributed by atoms with van der Waals surface area (Å²) in [6.07, 6.45) is 4.71. The van der Waals surface area contributed by atoms with Crippen LogP contribution in [-0.4, -0.2) is 5.11 Å². The number of benzene rings is 2. The first-order valence-corrected chi connectivity index (χ1v) is 7.04. The van der Waals surface area contributed by atoms with Gasteiger partial charge < -0.3 is 5.11 Å². The topological polar surface area (TPSA) is 20.2 Å². The maximum absolute atomic E-state index is 9.45. The third-order valence-electron chi connectivity index (χ3n) is 4.44. The summed E-state index contributed by atoms with van der Waals surface area (Å²) in [5.41, 5.74) is 4.50. The zero-order valence-electron chi connectivity index (χ0n) is 11.4. The van der Waals surface area contributed by atoms with Crippen LogP contribution < -0.4 is 0 Å². The lowest BCUT2D eigenvalue weighted by atomic mass is 9.75. The Morgan fingerprint density at radius 3 is 2.37 bits per heavy atom. The van der Waals surface area contributed by atoms with Gasteiger partial charge in [0.05, 0.1) is 0 Å². The van der Waals surface area contributed by atoms with E-state index in [9.17, 15) is 5.11 Å². The molecule has 98 valence electrons. The molecule has 0 spiro atoms. The predicted molar refractivity (Wildman–Crippen MR) is 78.5 cm³/mol. The molecule has 0 saturated heterocycles. The van der Waals surface area contributed by atoms with Gasteiger partial charge in [0.15, 0.2) is 0 Å². The molecule has 1 aliphatic rings. The van der Waals surface area contributed by atoms with Crippen molar-refractivity contribution >= 4 is 0 Å². The summed E-state index contributed by atoms with van der Waals surface area (Å²) >= 11 is 0. The molecule has 0 saturated carbocycles. The van der Waals surface area contributed by atoms with Gasteiger partial charge in [-0.2, -0.15) is 0 Å². The second kappa shape index (κ2) is 4.73. The highest BCUT2D eigenvalue weighted by atomic mass is 16.3. The Morgan fingerprint density at radius 2 is 1.63 bits per heavy atom. The van der Waals surface area contributed by atoms with Crippen LogP contribution in [0.25, 0.3) is 0 Å². The lowest BCUT2D eigenvalue weighted by Gasteiger charge is -2.29. The minimum atomic E-state index is 0.181. The number of aromatic hydroxyl groups is 1. The molecular formula is C18H20O. The molecule has 0 fully saturated rings. The average Bonchev–Trinajstić information content (AvgIpc) is 2.58. The molecule has 0 aliphatic heterocycles. The third kappa shape index (κ3) is 2.37. The van der Waals surface area contributed by atoms with Crippen LogP contribution in [0, 0.1) is 0 Å². The van der Waals surface area contributed by atoms with Crippen LogP contribution >= 0.6 is 0 Å². The standard InChI is InChI=1S/C18H20O/c1-18(16-8-10-17(19)11-9-16)12-4-7-14-5-2-3-6-15(14)13-18/h2-3,5-6,8-11,19H,4,7,12-13H2,1H3. The van der Waals surface area contributed by atoms with Crippen LogP contribution in [-0.2, 0) is 18.3 Å². The van der Waals surface area contributed by atoms with E-state index >= 15 is 0 Å². The smallest absolute Gasteiger partial charge is 0.115 e. The van der Waals surface area contributed by atoms with Gasteiger partial charge in [0, 0.05) is 0 Å². The molecule has 1 N–H and O–H groups in total. The highest BCUT2D eigenvalue weighted by Crippen LogP contribution is 2.37. The van der Waals surface area contributed by atoms with Crippen molar-refractivity contribution in [2.75, 3.05) is 0 Å². The van der Waals surface area contributed by atoms with Crippen molar-refractivity contribution < 1.29 is 5.11 Å². The van der Waals surface area contributed by atoms with E-state index < -0.39 is 0 Å². The molecule has 2 aromatic carbocycles. The number of hydrogen-bond donors (Lipinski definition) is 1. The van der Waals surface area contributed by atoms with Gasteiger partial charge in [-0.25, -0.2) is 0 Å². The second-order valence-corrected chi connectivity index (χ2v) is 5.91. The highest BCUT2D eigenvalue weighted by Gasteiger charge is 2.29. The minimum absolute atomic E-state index is 0.181. The Bertz CT molecular complexity index is 570. The van der Waals surface area contributed by atoms with Crippen LogP contribution in [0.2, 0.25) is 0 Å². The first-order valence-electron chi connectivity index (χ1n) is 7.04. The average molecular weight is 252 g/mol.